The first-order valence-electron chi connectivity index (χ1n) is 7.50. The minimum absolute atomic E-state index is 0. The lowest BCUT2D eigenvalue weighted by atomic mass is 9.45. The molecule has 0 N–H and O–H groups in total. The normalized spacial score (nSPS) is 50.3. The SMILES string of the molecule is CC1(C)CCC[C@@]2(C)C1CC[C@@]1(C)OC(=O)CC21.[HH].[HH]. The van der Waals surface area contributed by atoms with E-state index in [9.17, 15) is 4.79 Å². The van der Waals surface area contributed by atoms with Crippen molar-refractivity contribution in [1.82, 2.24) is 0 Å². The van der Waals surface area contributed by atoms with E-state index in [2.05, 4.69) is 27.7 Å². The summed E-state index contributed by atoms with van der Waals surface area (Å²) in [5, 5.41) is 0. The highest BCUT2D eigenvalue weighted by molar-refractivity contribution is 5.73. The third kappa shape index (κ3) is 1.50. The number of ether oxygens (including phenoxy) is 1. The van der Waals surface area contributed by atoms with Crippen LogP contribution in [0.5, 0.6) is 0 Å². The Labute approximate surface area is 113 Å². The van der Waals surface area contributed by atoms with Gasteiger partial charge >= 0.3 is 5.97 Å². The summed E-state index contributed by atoms with van der Waals surface area (Å²) in [5.74, 6) is 1.23. The first kappa shape index (κ1) is 12.5. The number of esters is 1. The van der Waals surface area contributed by atoms with Crippen molar-refractivity contribution in [3.05, 3.63) is 0 Å². The Morgan fingerprint density at radius 2 is 1.83 bits per heavy atom. The average Bonchev–Trinajstić information content (AvgIpc) is 2.53. The average molecular weight is 254 g/mol. The smallest absolute Gasteiger partial charge is 0.306 e. The van der Waals surface area contributed by atoms with Crippen molar-refractivity contribution in [1.29, 1.82) is 0 Å². The van der Waals surface area contributed by atoms with Gasteiger partial charge in [-0.1, -0.05) is 27.2 Å². The van der Waals surface area contributed by atoms with E-state index in [0.717, 1.165) is 12.3 Å². The highest BCUT2D eigenvalue weighted by atomic mass is 16.6. The van der Waals surface area contributed by atoms with Gasteiger partial charge in [0.1, 0.15) is 5.60 Å². The fourth-order valence-corrected chi connectivity index (χ4v) is 5.65. The maximum atomic E-state index is 11.8. The molecule has 0 radical (unpaired) electrons. The molecule has 2 unspecified atom stereocenters. The van der Waals surface area contributed by atoms with E-state index in [1.54, 1.807) is 0 Å². The number of carbonyl (C=O) groups excluding carboxylic acids is 1. The van der Waals surface area contributed by atoms with Crippen LogP contribution in [0.4, 0.5) is 0 Å². The van der Waals surface area contributed by atoms with Crippen molar-refractivity contribution in [3.8, 4) is 0 Å². The number of rotatable bonds is 0. The van der Waals surface area contributed by atoms with Gasteiger partial charge in [-0.2, -0.15) is 0 Å². The van der Waals surface area contributed by atoms with Gasteiger partial charge in [0.2, 0.25) is 0 Å². The van der Waals surface area contributed by atoms with Gasteiger partial charge in [-0.15, -0.1) is 0 Å². The van der Waals surface area contributed by atoms with Gasteiger partial charge in [-0.3, -0.25) is 4.79 Å². The second kappa shape index (κ2) is 3.52. The zero-order chi connectivity index (χ0) is 13.2. The van der Waals surface area contributed by atoms with Gasteiger partial charge in [0, 0.05) is 8.77 Å². The number of carbonyl (C=O) groups is 1. The van der Waals surface area contributed by atoms with Crippen LogP contribution in [-0.4, -0.2) is 11.6 Å². The number of fused-ring (bicyclic) bond motifs is 3. The maximum Gasteiger partial charge on any atom is 0.306 e. The van der Waals surface area contributed by atoms with Crippen molar-refractivity contribution in [3.63, 3.8) is 0 Å². The zero-order valence-corrected chi connectivity index (χ0v) is 12.2. The lowest BCUT2D eigenvalue weighted by Gasteiger charge is -2.59. The molecule has 0 aromatic rings. The highest BCUT2D eigenvalue weighted by Gasteiger charge is 2.62. The summed E-state index contributed by atoms with van der Waals surface area (Å²) in [6.45, 7) is 9.46. The van der Waals surface area contributed by atoms with Crippen LogP contribution in [-0.2, 0) is 9.53 Å². The van der Waals surface area contributed by atoms with E-state index in [-0.39, 0.29) is 14.4 Å². The molecular weight excluding hydrogens is 224 g/mol. The molecule has 1 heterocycles. The van der Waals surface area contributed by atoms with Gasteiger partial charge < -0.3 is 4.74 Å². The van der Waals surface area contributed by atoms with E-state index in [0.29, 0.717) is 23.2 Å². The molecule has 3 aliphatic rings. The van der Waals surface area contributed by atoms with Crippen LogP contribution in [0.15, 0.2) is 0 Å². The van der Waals surface area contributed by atoms with E-state index < -0.39 is 0 Å². The maximum absolute atomic E-state index is 11.8. The van der Waals surface area contributed by atoms with Crippen LogP contribution in [0.3, 0.4) is 0 Å². The van der Waals surface area contributed by atoms with Gasteiger partial charge in [-0.05, 0) is 49.4 Å². The second-order valence-corrected chi connectivity index (χ2v) is 7.98. The van der Waals surface area contributed by atoms with Crippen LogP contribution in [0, 0.1) is 22.7 Å². The molecule has 106 valence electrons. The fourth-order valence-electron chi connectivity index (χ4n) is 5.65. The van der Waals surface area contributed by atoms with Crippen LogP contribution in [0.1, 0.15) is 69.1 Å². The molecular formula is C16H30O2. The Morgan fingerprint density at radius 1 is 1.11 bits per heavy atom. The lowest BCUT2D eigenvalue weighted by molar-refractivity contribution is -0.164. The molecule has 0 bridgehead atoms. The quantitative estimate of drug-likeness (QED) is 0.598. The predicted octanol–water partition coefficient (Wildman–Crippen LogP) is 4.43. The van der Waals surface area contributed by atoms with Crippen LogP contribution in [0.25, 0.3) is 0 Å². The minimum Gasteiger partial charge on any atom is -0.459 e. The van der Waals surface area contributed by atoms with Crippen molar-refractivity contribution >= 4 is 5.97 Å². The molecule has 2 aliphatic carbocycles. The van der Waals surface area contributed by atoms with Crippen LogP contribution in [0.2, 0.25) is 0 Å². The molecule has 2 nitrogen and oxygen atoms in total. The Bertz CT molecular complexity index is 396. The summed E-state index contributed by atoms with van der Waals surface area (Å²) in [6.07, 6.45) is 6.86. The Morgan fingerprint density at radius 3 is 2.56 bits per heavy atom. The van der Waals surface area contributed by atoms with E-state index in [4.69, 9.17) is 4.74 Å². The minimum atomic E-state index is -0.171. The summed E-state index contributed by atoms with van der Waals surface area (Å²) in [7, 11) is 0. The summed E-state index contributed by atoms with van der Waals surface area (Å²) in [6, 6.07) is 0. The van der Waals surface area contributed by atoms with E-state index in [1.165, 1.54) is 25.7 Å². The molecule has 3 rings (SSSR count). The zero-order valence-electron chi connectivity index (χ0n) is 12.2. The van der Waals surface area contributed by atoms with Gasteiger partial charge in [0.15, 0.2) is 0 Å². The van der Waals surface area contributed by atoms with Crippen LogP contribution < -0.4 is 0 Å². The van der Waals surface area contributed by atoms with E-state index in [1.807, 2.05) is 0 Å². The summed E-state index contributed by atoms with van der Waals surface area (Å²) >= 11 is 0. The molecule has 0 aromatic carbocycles. The van der Waals surface area contributed by atoms with Crippen LogP contribution >= 0.6 is 0 Å². The first-order chi connectivity index (χ1) is 8.28. The van der Waals surface area contributed by atoms with Crippen molar-refractivity contribution < 1.29 is 12.4 Å². The molecule has 0 amide bonds. The molecule has 1 aliphatic heterocycles. The van der Waals surface area contributed by atoms with Crippen molar-refractivity contribution in [2.24, 2.45) is 22.7 Å². The summed E-state index contributed by atoms with van der Waals surface area (Å²) in [5.41, 5.74) is 0.566. The molecule has 0 spiro atoms. The van der Waals surface area contributed by atoms with Crippen molar-refractivity contribution in [2.75, 3.05) is 0 Å². The third-order valence-corrected chi connectivity index (χ3v) is 6.46. The fraction of sp³-hybridized carbons (Fsp3) is 0.938. The molecule has 2 saturated carbocycles. The van der Waals surface area contributed by atoms with Gasteiger partial charge in [-0.25, -0.2) is 0 Å². The second-order valence-electron chi connectivity index (χ2n) is 7.98. The molecule has 2 heteroatoms. The van der Waals surface area contributed by atoms with Gasteiger partial charge in [0.25, 0.3) is 0 Å². The predicted molar refractivity (Wildman–Crippen MR) is 75.3 cm³/mol. The first-order valence-corrected chi connectivity index (χ1v) is 7.50. The largest absolute Gasteiger partial charge is 0.459 e. The topological polar surface area (TPSA) is 26.3 Å². The Hall–Kier alpha value is -0.530. The Kier molecular flexibility index (Phi) is 2.44. The molecule has 18 heavy (non-hydrogen) atoms. The van der Waals surface area contributed by atoms with Crippen molar-refractivity contribution in [2.45, 2.75) is 71.8 Å². The number of hydrogen-bond acceptors (Lipinski definition) is 2. The summed E-state index contributed by atoms with van der Waals surface area (Å²) in [4.78, 5) is 11.8. The monoisotopic (exact) mass is 254 g/mol. The van der Waals surface area contributed by atoms with Gasteiger partial charge in [0.05, 0.1) is 6.42 Å². The molecule has 0 aromatic heterocycles. The molecule has 4 atom stereocenters. The van der Waals surface area contributed by atoms with E-state index >= 15 is 0 Å². The molecule has 3 fully saturated rings. The summed E-state index contributed by atoms with van der Waals surface area (Å²) < 4.78 is 5.70. The number of hydrogen-bond donors (Lipinski definition) is 0. The molecule has 1 saturated heterocycles. The Balaban J connectivity index is 0.000001000. The lowest BCUT2D eigenvalue weighted by Crippen LogP contribution is -2.55. The standard InChI is InChI=1S/C16H26O2.2H2/c1-14(2)7-5-8-15(3)11(14)6-9-16(4)12(15)10-13(17)18-16;;/h11-12H,5-10H2,1-4H3;2*1H/t11?,12?,15-,16+;;/m0../s1. The third-order valence-electron chi connectivity index (χ3n) is 6.46. The highest BCUT2D eigenvalue weighted by Crippen LogP contribution is 2.64.